The molecule has 3 aromatic rings. The van der Waals surface area contributed by atoms with Crippen LogP contribution < -0.4 is 10.9 Å². The van der Waals surface area contributed by atoms with E-state index in [2.05, 4.69) is 20.3 Å². The lowest BCUT2D eigenvalue weighted by Gasteiger charge is -2.14. The summed E-state index contributed by atoms with van der Waals surface area (Å²) in [5, 5.41) is 22.3. The zero-order chi connectivity index (χ0) is 18.1. The Bertz CT molecular complexity index is 955. The summed E-state index contributed by atoms with van der Waals surface area (Å²) in [6.45, 7) is 0.233. The molecule has 3 heterocycles. The summed E-state index contributed by atoms with van der Waals surface area (Å²) in [5.74, 6) is 0.324. The molecule has 4 N–H and O–H groups in total. The summed E-state index contributed by atoms with van der Waals surface area (Å²) in [4.78, 5) is 23.5. The fraction of sp³-hybridized carbons (Fsp3) is 0.353. The number of fused-ring (bicyclic) bond motifs is 1. The maximum absolute atomic E-state index is 12.3. The molecule has 3 atom stereocenters. The second kappa shape index (κ2) is 6.87. The van der Waals surface area contributed by atoms with Crippen molar-refractivity contribution in [2.75, 3.05) is 11.9 Å². The molecule has 26 heavy (non-hydrogen) atoms. The molecule has 0 aliphatic carbocycles. The highest BCUT2D eigenvalue weighted by Crippen LogP contribution is 2.30. The van der Waals surface area contributed by atoms with Crippen molar-refractivity contribution in [2.24, 2.45) is 0 Å². The Balaban J connectivity index is 1.62. The molecule has 0 bridgehead atoms. The highest BCUT2D eigenvalue weighted by atomic mass is 16.5. The van der Waals surface area contributed by atoms with Crippen molar-refractivity contribution < 1.29 is 14.9 Å². The second-order valence-electron chi connectivity index (χ2n) is 6.19. The second-order valence-corrected chi connectivity index (χ2v) is 6.19. The van der Waals surface area contributed by atoms with Gasteiger partial charge in [-0.2, -0.15) is 4.98 Å². The van der Waals surface area contributed by atoms with Crippen molar-refractivity contribution in [3.05, 3.63) is 52.6 Å². The Hall–Kier alpha value is -2.75. The number of H-pyrrole nitrogens is 1. The monoisotopic (exact) mass is 357 g/mol. The molecule has 1 aliphatic heterocycles. The van der Waals surface area contributed by atoms with Crippen LogP contribution in [0.25, 0.3) is 11.2 Å². The van der Waals surface area contributed by atoms with Gasteiger partial charge in [-0.05, 0) is 5.56 Å². The molecule has 0 spiro atoms. The zero-order valence-electron chi connectivity index (χ0n) is 13.9. The molecule has 9 nitrogen and oxygen atoms in total. The van der Waals surface area contributed by atoms with E-state index in [0.717, 1.165) is 5.56 Å². The van der Waals surface area contributed by atoms with Gasteiger partial charge in [0, 0.05) is 13.0 Å². The van der Waals surface area contributed by atoms with Gasteiger partial charge in [0.05, 0.1) is 19.0 Å². The summed E-state index contributed by atoms with van der Waals surface area (Å²) in [7, 11) is 0. The number of nitrogens with zero attached hydrogens (tertiary/aromatic N) is 3. The van der Waals surface area contributed by atoms with E-state index in [1.165, 1.54) is 6.33 Å². The van der Waals surface area contributed by atoms with Crippen molar-refractivity contribution in [1.29, 1.82) is 0 Å². The topological polar surface area (TPSA) is 125 Å². The van der Waals surface area contributed by atoms with Crippen LogP contribution in [0.2, 0.25) is 0 Å². The smallest absolute Gasteiger partial charge is 0.280 e. The van der Waals surface area contributed by atoms with E-state index in [4.69, 9.17) is 4.74 Å². The predicted molar refractivity (Wildman–Crippen MR) is 93.5 cm³/mol. The van der Waals surface area contributed by atoms with Gasteiger partial charge in [0.15, 0.2) is 11.2 Å². The highest BCUT2D eigenvalue weighted by Gasteiger charge is 2.35. The van der Waals surface area contributed by atoms with Crippen molar-refractivity contribution in [3.8, 4) is 0 Å². The summed E-state index contributed by atoms with van der Waals surface area (Å²) in [5.41, 5.74) is 1.25. The Morgan fingerprint density at radius 3 is 2.88 bits per heavy atom. The molecule has 0 saturated carbocycles. The SMILES string of the molecule is O=c1[nH]c(NCc2ccccc2)nc2c1ncn2C1CC(O)C(CO)O1. The van der Waals surface area contributed by atoms with E-state index in [1.54, 1.807) is 4.57 Å². The first-order valence-corrected chi connectivity index (χ1v) is 8.34. The third-order valence-electron chi connectivity index (χ3n) is 4.43. The Kier molecular flexibility index (Phi) is 4.41. The number of anilines is 1. The molecule has 1 fully saturated rings. The van der Waals surface area contributed by atoms with E-state index in [0.29, 0.717) is 18.1 Å². The molecule has 1 aliphatic rings. The number of ether oxygens (including phenoxy) is 1. The van der Waals surface area contributed by atoms with Crippen LogP contribution in [-0.2, 0) is 11.3 Å². The van der Waals surface area contributed by atoms with Crippen LogP contribution in [0.3, 0.4) is 0 Å². The number of aliphatic hydroxyl groups excluding tert-OH is 2. The molecule has 0 radical (unpaired) electrons. The molecular weight excluding hydrogens is 338 g/mol. The van der Waals surface area contributed by atoms with E-state index in [1.807, 2.05) is 30.3 Å². The van der Waals surface area contributed by atoms with Gasteiger partial charge in [-0.1, -0.05) is 30.3 Å². The maximum atomic E-state index is 12.3. The van der Waals surface area contributed by atoms with E-state index in [-0.39, 0.29) is 24.1 Å². The minimum absolute atomic E-state index is 0.195. The van der Waals surface area contributed by atoms with Gasteiger partial charge < -0.3 is 20.3 Å². The number of hydrogen-bond acceptors (Lipinski definition) is 7. The molecule has 3 unspecified atom stereocenters. The van der Waals surface area contributed by atoms with Crippen LogP contribution in [0.1, 0.15) is 18.2 Å². The predicted octanol–water partition coefficient (Wildman–Crippen LogP) is 0.372. The number of imidazole rings is 1. The summed E-state index contributed by atoms with van der Waals surface area (Å²) in [6.07, 6.45) is -0.221. The van der Waals surface area contributed by atoms with Crippen molar-refractivity contribution in [3.63, 3.8) is 0 Å². The van der Waals surface area contributed by atoms with Gasteiger partial charge in [-0.3, -0.25) is 14.3 Å². The molecule has 1 aromatic carbocycles. The van der Waals surface area contributed by atoms with Gasteiger partial charge in [0.25, 0.3) is 5.56 Å². The number of benzene rings is 1. The maximum Gasteiger partial charge on any atom is 0.280 e. The lowest BCUT2D eigenvalue weighted by Crippen LogP contribution is -2.24. The Morgan fingerprint density at radius 1 is 1.35 bits per heavy atom. The van der Waals surface area contributed by atoms with Crippen molar-refractivity contribution >= 4 is 17.1 Å². The van der Waals surface area contributed by atoms with Gasteiger partial charge in [0.1, 0.15) is 12.3 Å². The molecule has 0 amide bonds. The quantitative estimate of drug-likeness (QED) is 0.520. The lowest BCUT2D eigenvalue weighted by molar-refractivity contribution is -0.0432. The largest absolute Gasteiger partial charge is 0.394 e. The standard InChI is InChI=1S/C17H19N5O4/c23-8-12-11(24)6-13(26-12)22-9-19-14-15(22)20-17(21-16(14)25)18-7-10-4-2-1-3-5-10/h1-5,9,11-13,23-24H,6-8H2,(H2,18,20,21,25). The highest BCUT2D eigenvalue weighted by molar-refractivity contribution is 5.70. The Labute approximate surface area is 148 Å². The fourth-order valence-electron chi connectivity index (χ4n) is 3.05. The fourth-order valence-corrected chi connectivity index (χ4v) is 3.05. The molecule has 4 rings (SSSR count). The van der Waals surface area contributed by atoms with E-state index >= 15 is 0 Å². The Morgan fingerprint density at radius 2 is 2.15 bits per heavy atom. The van der Waals surface area contributed by atoms with Crippen LogP contribution in [0.5, 0.6) is 0 Å². The first-order chi connectivity index (χ1) is 12.7. The molecule has 1 saturated heterocycles. The third kappa shape index (κ3) is 3.07. The van der Waals surface area contributed by atoms with Crippen LogP contribution in [0.4, 0.5) is 5.95 Å². The number of hydrogen-bond donors (Lipinski definition) is 4. The third-order valence-corrected chi connectivity index (χ3v) is 4.43. The number of aromatic amines is 1. The number of aromatic nitrogens is 4. The molecule has 136 valence electrons. The summed E-state index contributed by atoms with van der Waals surface area (Å²) in [6, 6.07) is 9.74. The number of rotatable bonds is 5. The molecular formula is C17H19N5O4. The van der Waals surface area contributed by atoms with Crippen LogP contribution >= 0.6 is 0 Å². The van der Waals surface area contributed by atoms with Gasteiger partial charge >= 0.3 is 0 Å². The van der Waals surface area contributed by atoms with E-state index in [9.17, 15) is 15.0 Å². The van der Waals surface area contributed by atoms with Gasteiger partial charge in [-0.25, -0.2) is 4.98 Å². The van der Waals surface area contributed by atoms with Gasteiger partial charge in [-0.15, -0.1) is 0 Å². The van der Waals surface area contributed by atoms with Crippen molar-refractivity contribution in [1.82, 2.24) is 19.5 Å². The van der Waals surface area contributed by atoms with Gasteiger partial charge in [0.2, 0.25) is 5.95 Å². The normalized spacial score (nSPS) is 22.8. The minimum Gasteiger partial charge on any atom is -0.394 e. The number of nitrogens with one attached hydrogen (secondary N) is 2. The van der Waals surface area contributed by atoms with Crippen LogP contribution in [0, 0.1) is 0 Å². The first-order valence-electron chi connectivity index (χ1n) is 8.34. The molecule has 9 heteroatoms. The lowest BCUT2D eigenvalue weighted by atomic mass is 10.2. The molecule has 2 aromatic heterocycles. The average molecular weight is 357 g/mol. The van der Waals surface area contributed by atoms with Crippen LogP contribution in [0.15, 0.2) is 41.5 Å². The average Bonchev–Trinajstić information content (AvgIpc) is 3.24. The van der Waals surface area contributed by atoms with Crippen LogP contribution in [-0.4, -0.2) is 48.5 Å². The van der Waals surface area contributed by atoms with Crippen molar-refractivity contribution in [2.45, 2.75) is 31.4 Å². The zero-order valence-corrected chi connectivity index (χ0v) is 13.9. The number of aliphatic hydroxyl groups is 2. The summed E-state index contributed by atoms with van der Waals surface area (Å²) < 4.78 is 7.24. The van der Waals surface area contributed by atoms with E-state index < -0.39 is 18.4 Å². The minimum atomic E-state index is -0.778. The first kappa shape index (κ1) is 16.7. The summed E-state index contributed by atoms with van der Waals surface area (Å²) >= 11 is 0.